The predicted molar refractivity (Wildman–Crippen MR) is 204 cm³/mol. The fraction of sp³-hybridized carbons (Fsp3) is 0.0909. The molecule has 0 fully saturated rings. The molecular formula is C44H30N2OS. The van der Waals surface area contributed by atoms with Crippen LogP contribution in [0.25, 0.3) is 64.0 Å². The van der Waals surface area contributed by atoms with E-state index in [4.69, 9.17) is 4.74 Å². The third-order valence-corrected chi connectivity index (χ3v) is 11.7. The van der Waals surface area contributed by atoms with Gasteiger partial charge in [0.2, 0.25) is 0 Å². The van der Waals surface area contributed by atoms with Crippen molar-refractivity contribution in [3.63, 3.8) is 0 Å². The SMILES string of the molecule is C1=CC(N(c2cc3ccc4cccc5c4c3c(c2)n5C2=CCCC=C2)c2cccc3c2sc2ccccc23)C2Oc3ccccc3C2=C1. The second-order valence-corrected chi connectivity index (χ2v) is 14.2. The van der Waals surface area contributed by atoms with Crippen LogP contribution in [0.1, 0.15) is 18.4 Å². The maximum Gasteiger partial charge on any atom is 0.149 e. The fourth-order valence-corrected chi connectivity index (χ4v) is 9.66. The quantitative estimate of drug-likeness (QED) is 0.179. The van der Waals surface area contributed by atoms with E-state index in [0.717, 1.165) is 24.3 Å². The van der Waals surface area contributed by atoms with Crippen molar-refractivity contribution in [3.8, 4) is 5.75 Å². The smallest absolute Gasteiger partial charge is 0.149 e. The Morgan fingerprint density at radius 1 is 0.750 bits per heavy atom. The molecule has 0 saturated heterocycles. The minimum absolute atomic E-state index is 0.0624. The first-order chi connectivity index (χ1) is 23.8. The third kappa shape index (κ3) is 3.64. The Morgan fingerprint density at radius 2 is 1.60 bits per heavy atom. The molecule has 8 aromatic rings. The lowest BCUT2D eigenvalue weighted by atomic mass is 9.91. The number of fused-ring (bicyclic) bond motifs is 6. The van der Waals surface area contributed by atoms with Crippen LogP contribution < -0.4 is 9.64 Å². The molecule has 2 aromatic heterocycles. The average molecular weight is 635 g/mol. The summed E-state index contributed by atoms with van der Waals surface area (Å²) in [4.78, 5) is 2.56. The lowest BCUT2D eigenvalue weighted by Gasteiger charge is -2.37. The van der Waals surface area contributed by atoms with E-state index in [0.29, 0.717) is 0 Å². The van der Waals surface area contributed by atoms with Crippen molar-refractivity contribution >= 4 is 86.7 Å². The van der Waals surface area contributed by atoms with Gasteiger partial charge in [-0.3, -0.25) is 0 Å². The molecule has 2 atom stereocenters. The fourth-order valence-electron chi connectivity index (χ4n) is 8.45. The molecule has 6 aromatic carbocycles. The molecule has 3 heterocycles. The van der Waals surface area contributed by atoms with Crippen molar-refractivity contribution in [2.75, 3.05) is 4.90 Å². The van der Waals surface area contributed by atoms with Crippen molar-refractivity contribution in [2.24, 2.45) is 0 Å². The van der Waals surface area contributed by atoms with E-state index in [-0.39, 0.29) is 12.1 Å². The molecule has 228 valence electrons. The highest BCUT2D eigenvalue weighted by atomic mass is 32.1. The summed E-state index contributed by atoms with van der Waals surface area (Å²) in [5.74, 6) is 0.958. The Morgan fingerprint density at radius 3 is 2.56 bits per heavy atom. The van der Waals surface area contributed by atoms with Gasteiger partial charge in [0.05, 0.1) is 27.5 Å². The zero-order chi connectivity index (χ0) is 31.3. The van der Waals surface area contributed by atoms with Crippen LogP contribution in [0.2, 0.25) is 0 Å². The first-order valence-corrected chi connectivity index (χ1v) is 17.6. The number of benzene rings is 6. The van der Waals surface area contributed by atoms with Crippen molar-refractivity contribution in [1.29, 1.82) is 0 Å². The molecule has 2 aliphatic carbocycles. The Hall–Kier alpha value is -5.58. The second kappa shape index (κ2) is 9.96. The first kappa shape index (κ1) is 26.5. The summed E-state index contributed by atoms with van der Waals surface area (Å²) in [6, 6.07) is 40.2. The molecule has 0 radical (unpaired) electrons. The molecule has 0 saturated carbocycles. The molecule has 2 unspecified atom stereocenters. The predicted octanol–water partition coefficient (Wildman–Crippen LogP) is 11.9. The van der Waals surface area contributed by atoms with E-state index < -0.39 is 0 Å². The molecule has 11 rings (SSSR count). The van der Waals surface area contributed by atoms with Crippen LogP contribution >= 0.6 is 11.3 Å². The topological polar surface area (TPSA) is 17.4 Å². The summed E-state index contributed by atoms with van der Waals surface area (Å²) in [6.45, 7) is 0. The van der Waals surface area contributed by atoms with E-state index >= 15 is 0 Å². The number of nitrogens with zero attached hydrogens (tertiary/aromatic N) is 2. The average Bonchev–Trinajstić information content (AvgIpc) is 3.82. The minimum Gasteiger partial charge on any atom is -0.483 e. The number of rotatable bonds is 4. The van der Waals surface area contributed by atoms with Gasteiger partial charge in [0.1, 0.15) is 11.9 Å². The van der Waals surface area contributed by atoms with Crippen LogP contribution in [0, 0.1) is 0 Å². The van der Waals surface area contributed by atoms with Gasteiger partial charge in [-0.05, 0) is 66.1 Å². The van der Waals surface area contributed by atoms with Gasteiger partial charge in [0.15, 0.2) is 0 Å². The summed E-state index contributed by atoms with van der Waals surface area (Å²) in [7, 11) is 0. The van der Waals surface area contributed by atoms with E-state index in [1.165, 1.54) is 75.3 Å². The second-order valence-electron chi connectivity index (χ2n) is 13.1. The number of ether oxygens (including phenoxy) is 1. The largest absolute Gasteiger partial charge is 0.483 e. The van der Waals surface area contributed by atoms with Crippen molar-refractivity contribution in [3.05, 3.63) is 151 Å². The van der Waals surface area contributed by atoms with E-state index in [2.05, 4.69) is 155 Å². The van der Waals surface area contributed by atoms with Gasteiger partial charge in [0, 0.05) is 48.8 Å². The molecule has 1 aliphatic heterocycles. The number of thiophene rings is 1. The number of aromatic nitrogens is 1. The molecule has 48 heavy (non-hydrogen) atoms. The number of hydrogen-bond donors (Lipinski definition) is 0. The van der Waals surface area contributed by atoms with E-state index in [1.807, 2.05) is 11.3 Å². The lowest BCUT2D eigenvalue weighted by molar-refractivity contribution is 0.258. The first-order valence-electron chi connectivity index (χ1n) is 16.8. The molecule has 3 aliphatic rings. The zero-order valence-corrected chi connectivity index (χ0v) is 27.0. The summed E-state index contributed by atoms with van der Waals surface area (Å²) in [5.41, 5.74) is 8.55. The highest BCUT2D eigenvalue weighted by Crippen LogP contribution is 2.49. The van der Waals surface area contributed by atoms with Gasteiger partial charge in [-0.2, -0.15) is 0 Å². The Balaban J connectivity index is 1.21. The van der Waals surface area contributed by atoms with Crippen LogP contribution in [0.3, 0.4) is 0 Å². The van der Waals surface area contributed by atoms with E-state index in [1.54, 1.807) is 0 Å². The number of hydrogen-bond acceptors (Lipinski definition) is 3. The molecule has 0 bridgehead atoms. The van der Waals surface area contributed by atoms with Gasteiger partial charge in [-0.15, -0.1) is 11.3 Å². The highest BCUT2D eigenvalue weighted by molar-refractivity contribution is 7.26. The van der Waals surface area contributed by atoms with Crippen molar-refractivity contribution in [2.45, 2.75) is 25.0 Å². The number of anilines is 2. The van der Waals surface area contributed by atoms with Gasteiger partial charge in [0.25, 0.3) is 0 Å². The van der Waals surface area contributed by atoms with Crippen molar-refractivity contribution < 1.29 is 4.74 Å². The molecule has 0 N–H and O–H groups in total. The Labute approximate surface area is 281 Å². The molecule has 3 nitrogen and oxygen atoms in total. The van der Waals surface area contributed by atoms with Gasteiger partial charge in [-0.1, -0.05) is 103 Å². The summed E-state index contributed by atoms with van der Waals surface area (Å²) >= 11 is 1.88. The lowest BCUT2D eigenvalue weighted by Crippen LogP contribution is -2.42. The summed E-state index contributed by atoms with van der Waals surface area (Å²) in [6.07, 6.45) is 15.8. The maximum atomic E-state index is 6.84. The van der Waals surface area contributed by atoms with Crippen LogP contribution in [-0.2, 0) is 0 Å². The van der Waals surface area contributed by atoms with Gasteiger partial charge < -0.3 is 14.2 Å². The standard InChI is InChI=1S/C44H30N2OS/c1-2-12-29(13-3-1)45-35-18-8-11-27-23-24-28-25-30(26-38(45)42(28)41(27)35)46(36-19-9-16-33-31-14-4-6-21-39(31)47-43(33)36)37-20-10-17-34-32-15-5-7-22-40(32)48-44(34)37/h2,4-26,36,43H,1,3H2. The maximum absolute atomic E-state index is 6.84. The van der Waals surface area contributed by atoms with Crippen LogP contribution in [0.4, 0.5) is 11.4 Å². The molecule has 0 amide bonds. The van der Waals surface area contributed by atoms with Crippen LogP contribution in [0.15, 0.2) is 146 Å². The van der Waals surface area contributed by atoms with Crippen LogP contribution in [0.5, 0.6) is 5.75 Å². The highest BCUT2D eigenvalue weighted by Gasteiger charge is 2.39. The Bertz CT molecular complexity index is 2740. The number of allylic oxidation sites excluding steroid dienone is 6. The summed E-state index contributed by atoms with van der Waals surface area (Å²) < 4.78 is 11.9. The van der Waals surface area contributed by atoms with Gasteiger partial charge >= 0.3 is 0 Å². The van der Waals surface area contributed by atoms with Crippen molar-refractivity contribution in [1.82, 2.24) is 4.57 Å². The monoisotopic (exact) mass is 634 g/mol. The normalized spacial score (nSPS) is 18.5. The molecule has 0 spiro atoms. The third-order valence-electron chi connectivity index (χ3n) is 10.5. The Kier molecular flexibility index (Phi) is 5.50. The van der Waals surface area contributed by atoms with Gasteiger partial charge in [-0.25, -0.2) is 0 Å². The molecule has 4 heteroatoms. The van der Waals surface area contributed by atoms with E-state index in [9.17, 15) is 0 Å². The summed E-state index contributed by atoms with van der Waals surface area (Å²) in [5, 5.41) is 7.81. The molecular weight excluding hydrogens is 605 g/mol. The number of para-hydroxylation sites is 1. The zero-order valence-electron chi connectivity index (χ0n) is 26.1. The van der Waals surface area contributed by atoms with Crippen LogP contribution in [-0.4, -0.2) is 16.7 Å². The minimum atomic E-state index is -0.138.